The predicted octanol–water partition coefficient (Wildman–Crippen LogP) is 4.91. The molecule has 100 valence electrons. The number of halogens is 2. The highest BCUT2D eigenvalue weighted by Gasteiger charge is 2.08. The van der Waals surface area contributed by atoms with E-state index in [1.54, 1.807) is 24.4 Å². The second kappa shape index (κ2) is 5.47. The molecule has 0 radical (unpaired) electrons. The largest absolute Gasteiger partial charge is 0.454 e. The molecule has 0 aliphatic heterocycles. The van der Waals surface area contributed by atoms with E-state index in [2.05, 4.69) is 4.98 Å². The third kappa shape index (κ3) is 2.45. The van der Waals surface area contributed by atoms with Gasteiger partial charge in [0.25, 0.3) is 0 Å². The number of ether oxygens (including phenoxy) is 1. The maximum atomic E-state index is 13.9. The molecular weight excluding hydrogens is 277 g/mol. The first-order valence-corrected chi connectivity index (χ1v) is 6.67. The summed E-state index contributed by atoms with van der Waals surface area (Å²) in [7, 11) is 0. The van der Waals surface area contributed by atoms with Gasteiger partial charge in [-0.1, -0.05) is 12.1 Å². The number of benzene rings is 2. The van der Waals surface area contributed by atoms with E-state index in [4.69, 9.17) is 16.3 Å². The average molecular weight is 288 g/mol. The van der Waals surface area contributed by atoms with Gasteiger partial charge in [-0.3, -0.25) is 4.98 Å². The number of nitrogens with zero attached hydrogens (tertiary/aromatic N) is 1. The van der Waals surface area contributed by atoms with Crippen molar-refractivity contribution in [1.82, 2.24) is 4.98 Å². The van der Waals surface area contributed by atoms with Crippen molar-refractivity contribution in [3.8, 4) is 11.5 Å². The molecule has 0 bridgehead atoms. The molecule has 0 amide bonds. The van der Waals surface area contributed by atoms with Gasteiger partial charge in [0.05, 0.1) is 5.52 Å². The minimum atomic E-state index is -0.427. The van der Waals surface area contributed by atoms with Crippen LogP contribution < -0.4 is 4.74 Å². The zero-order valence-corrected chi connectivity index (χ0v) is 11.3. The molecule has 0 atom stereocenters. The van der Waals surface area contributed by atoms with E-state index in [0.717, 1.165) is 16.5 Å². The fourth-order valence-corrected chi connectivity index (χ4v) is 2.16. The smallest absolute Gasteiger partial charge is 0.166 e. The maximum absolute atomic E-state index is 13.9. The van der Waals surface area contributed by atoms with Crippen LogP contribution in [0, 0.1) is 5.82 Å². The molecule has 0 aliphatic rings. The second-order valence-electron chi connectivity index (χ2n) is 4.33. The summed E-state index contributed by atoms with van der Waals surface area (Å²) in [6.07, 6.45) is 1.71. The molecule has 0 saturated heterocycles. The van der Waals surface area contributed by atoms with Crippen molar-refractivity contribution in [2.24, 2.45) is 0 Å². The third-order valence-corrected chi connectivity index (χ3v) is 3.28. The van der Waals surface area contributed by atoms with Gasteiger partial charge in [-0.05, 0) is 42.0 Å². The molecule has 0 N–H and O–H groups in total. The Kier molecular flexibility index (Phi) is 3.52. The Labute approximate surface area is 120 Å². The summed E-state index contributed by atoms with van der Waals surface area (Å²) in [6, 6.07) is 13.9. The van der Waals surface area contributed by atoms with E-state index in [-0.39, 0.29) is 11.6 Å². The lowest BCUT2D eigenvalue weighted by Crippen LogP contribution is -1.91. The number of hydrogen-bond donors (Lipinski definition) is 0. The molecular formula is C16H11ClFNO. The quantitative estimate of drug-likeness (QED) is 0.639. The number of fused-ring (bicyclic) bond motifs is 1. The Bertz CT molecular complexity index is 755. The van der Waals surface area contributed by atoms with Crippen LogP contribution in [-0.2, 0) is 5.88 Å². The van der Waals surface area contributed by atoms with Crippen LogP contribution >= 0.6 is 11.6 Å². The van der Waals surface area contributed by atoms with Gasteiger partial charge >= 0.3 is 0 Å². The first kappa shape index (κ1) is 12.9. The summed E-state index contributed by atoms with van der Waals surface area (Å²) in [5.74, 6) is 0.599. The van der Waals surface area contributed by atoms with Crippen molar-refractivity contribution in [2.75, 3.05) is 0 Å². The van der Waals surface area contributed by atoms with Crippen LogP contribution in [-0.4, -0.2) is 4.98 Å². The van der Waals surface area contributed by atoms with Crippen molar-refractivity contribution < 1.29 is 9.13 Å². The highest BCUT2D eigenvalue weighted by molar-refractivity contribution is 6.17. The van der Waals surface area contributed by atoms with Crippen LogP contribution in [0.25, 0.3) is 10.9 Å². The van der Waals surface area contributed by atoms with Gasteiger partial charge in [0.2, 0.25) is 0 Å². The second-order valence-corrected chi connectivity index (χ2v) is 4.59. The fraction of sp³-hybridized carbons (Fsp3) is 0.0625. The molecule has 0 spiro atoms. The van der Waals surface area contributed by atoms with Crippen molar-refractivity contribution >= 4 is 22.5 Å². The monoisotopic (exact) mass is 287 g/mol. The van der Waals surface area contributed by atoms with Crippen LogP contribution in [0.5, 0.6) is 11.5 Å². The number of aromatic nitrogens is 1. The zero-order valence-electron chi connectivity index (χ0n) is 10.5. The minimum Gasteiger partial charge on any atom is -0.454 e. The summed E-state index contributed by atoms with van der Waals surface area (Å²) in [6.45, 7) is 0. The van der Waals surface area contributed by atoms with E-state index < -0.39 is 5.82 Å². The summed E-state index contributed by atoms with van der Waals surface area (Å²) in [5.41, 5.74) is 1.53. The van der Waals surface area contributed by atoms with Gasteiger partial charge in [0.15, 0.2) is 11.6 Å². The molecule has 0 saturated carbocycles. The molecule has 3 aromatic rings. The topological polar surface area (TPSA) is 22.1 Å². The summed E-state index contributed by atoms with van der Waals surface area (Å²) >= 11 is 5.67. The number of alkyl halides is 1. The lowest BCUT2D eigenvalue weighted by atomic mass is 10.2. The molecule has 0 aliphatic carbocycles. The van der Waals surface area contributed by atoms with Crippen LogP contribution in [0.1, 0.15) is 5.56 Å². The molecule has 0 unspecified atom stereocenters. The first-order chi connectivity index (χ1) is 9.78. The highest BCUT2D eigenvalue weighted by atomic mass is 35.5. The zero-order chi connectivity index (χ0) is 13.9. The van der Waals surface area contributed by atoms with Gasteiger partial charge in [-0.15, -0.1) is 11.6 Å². The standard InChI is InChI=1S/C16H11ClFNO/c17-10-11-6-7-16(13(18)9-11)20-15-5-1-4-14-12(15)3-2-8-19-14/h1-9H,10H2. The van der Waals surface area contributed by atoms with Gasteiger partial charge in [0, 0.05) is 17.5 Å². The number of pyridine rings is 1. The molecule has 3 rings (SSSR count). The van der Waals surface area contributed by atoms with Gasteiger partial charge < -0.3 is 4.74 Å². The van der Waals surface area contributed by atoms with Crippen molar-refractivity contribution in [3.63, 3.8) is 0 Å². The van der Waals surface area contributed by atoms with E-state index in [1.165, 1.54) is 6.07 Å². The lowest BCUT2D eigenvalue weighted by molar-refractivity contribution is 0.446. The van der Waals surface area contributed by atoms with Gasteiger partial charge in [0.1, 0.15) is 5.75 Å². The van der Waals surface area contributed by atoms with Crippen molar-refractivity contribution in [2.45, 2.75) is 5.88 Å². The highest BCUT2D eigenvalue weighted by Crippen LogP contribution is 2.30. The summed E-state index contributed by atoms with van der Waals surface area (Å²) in [4.78, 5) is 4.24. The van der Waals surface area contributed by atoms with Crippen LogP contribution in [0.4, 0.5) is 4.39 Å². The Hall–Kier alpha value is -2.13. The minimum absolute atomic E-state index is 0.176. The van der Waals surface area contributed by atoms with E-state index >= 15 is 0 Å². The Morgan fingerprint density at radius 2 is 1.95 bits per heavy atom. The van der Waals surface area contributed by atoms with E-state index in [1.807, 2.05) is 24.3 Å². The fourth-order valence-electron chi connectivity index (χ4n) is 1.99. The van der Waals surface area contributed by atoms with Crippen molar-refractivity contribution in [3.05, 3.63) is 66.1 Å². The lowest BCUT2D eigenvalue weighted by Gasteiger charge is -2.09. The third-order valence-electron chi connectivity index (χ3n) is 2.98. The SMILES string of the molecule is Fc1cc(CCl)ccc1Oc1cccc2ncccc12. The molecule has 20 heavy (non-hydrogen) atoms. The number of rotatable bonds is 3. The van der Waals surface area contributed by atoms with Gasteiger partial charge in [-0.25, -0.2) is 4.39 Å². The van der Waals surface area contributed by atoms with Gasteiger partial charge in [-0.2, -0.15) is 0 Å². The van der Waals surface area contributed by atoms with Crippen LogP contribution in [0.3, 0.4) is 0 Å². The molecule has 2 aromatic carbocycles. The molecule has 2 nitrogen and oxygen atoms in total. The Morgan fingerprint density at radius 1 is 1.05 bits per heavy atom. The average Bonchev–Trinajstić information content (AvgIpc) is 2.49. The van der Waals surface area contributed by atoms with E-state index in [9.17, 15) is 4.39 Å². The normalized spacial score (nSPS) is 10.7. The molecule has 0 fully saturated rings. The molecule has 1 aromatic heterocycles. The summed E-state index contributed by atoms with van der Waals surface area (Å²) in [5, 5.41) is 0.843. The molecule has 4 heteroatoms. The number of hydrogen-bond acceptors (Lipinski definition) is 2. The Balaban J connectivity index is 2.01. The Morgan fingerprint density at radius 3 is 2.75 bits per heavy atom. The van der Waals surface area contributed by atoms with Crippen molar-refractivity contribution in [1.29, 1.82) is 0 Å². The van der Waals surface area contributed by atoms with Crippen LogP contribution in [0.2, 0.25) is 0 Å². The maximum Gasteiger partial charge on any atom is 0.166 e. The van der Waals surface area contributed by atoms with Crippen LogP contribution in [0.15, 0.2) is 54.7 Å². The predicted molar refractivity (Wildman–Crippen MR) is 77.8 cm³/mol. The summed E-state index contributed by atoms with van der Waals surface area (Å²) < 4.78 is 19.6. The molecule has 1 heterocycles. The first-order valence-electron chi connectivity index (χ1n) is 6.14. The van der Waals surface area contributed by atoms with E-state index in [0.29, 0.717) is 5.75 Å².